The van der Waals surface area contributed by atoms with Crippen LogP contribution in [0.4, 0.5) is 0 Å². The minimum atomic E-state index is -0.720. The molecule has 0 radical (unpaired) electrons. The molecular weight excluding hydrogens is 152 g/mol. The second-order valence-electron chi connectivity index (χ2n) is 1.80. The number of ether oxygens (including phenoxy) is 1. The fraction of sp³-hybridized carbons (Fsp3) is 0.600. The van der Waals surface area contributed by atoms with E-state index < -0.39 is 12.0 Å². The quantitative estimate of drug-likeness (QED) is 0.418. The molecule has 58 valence electrons. The Kier molecular flexibility index (Phi) is 3.90. The summed E-state index contributed by atoms with van der Waals surface area (Å²) in [5, 5.41) is 0. The Balaban J connectivity index is 3.72. The normalized spacial score (nSPS) is 12.2. The van der Waals surface area contributed by atoms with E-state index in [9.17, 15) is 4.79 Å². The molecule has 0 aromatic carbocycles. The van der Waals surface area contributed by atoms with Gasteiger partial charge in [0.05, 0.1) is 12.1 Å². The molecule has 4 N–H and O–H groups in total. The van der Waals surface area contributed by atoms with Crippen LogP contribution in [0.2, 0.25) is 0 Å². The fourth-order valence-electron chi connectivity index (χ4n) is 0.451. The number of nitrogens with two attached hydrogens (primary N) is 2. The maximum absolute atomic E-state index is 10.6. The number of carbonyl (C=O) groups is 1. The molecule has 0 heterocycles. The van der Waals surface area contributed by atoms with E-state index >= 15 is 0 Å². The molecule has 1 atom stereocenters. The highest BCUT2D eigenvalue weighted by Crippen LogP contribution is 1.90. The van der Waals surface area contributed by atoms with Crippen molar-refractivity contribution in [1.82, 2.24) is 0 Å². The second kappa shape index (κ2) is 4.19. The summed E-state index contributed by atoms with van der Waals surface area (Å²) in [7, 11) is 1.27. The van der Waals surface area contributed by atoms with Gasteiger partial charge in [-0.3, -0.25) is 4.79 Å². The largest absolute Gasteiger partial charge is 0.468 e. The summed E-state index contributed by atoms with van der Waals surface area (Å²) in [6, 6.07) is -0.720. The molecule has 10 heavy (non-hydrogen) atoms. The Morgan fingerprint density at radius 2 is 2.30 bits per heavy atom. The molecule has 4 nitrogen and oxygen atoms in total. The highest BCUT2D eigenvalue weighted by Gasteiger charge is 2.13. The van der Waals surface area contributed by atoms with Gasteiger partial charge >= 0.3 is 5.97 Å². The van der Waals surface area contributed by atoms with E-state index in [1.165, 1.54) is 7.11 Å². The smallest absolute Gasteiger partial charge is 0.323 e. The SMILES string of the molecule is COC(=O)C(N)CC(N)=S. The molecule has 0 aliphatic rings. The topological polar surface area (TPSA) is 78.3 Å². The maximum atomic E-state index is 10.6. The Morgan fingerprint density at radius 1 is 1.80 bits per heavy atom. The lowest BCUT2D eigenvalue weighted by atomic mass is 10.2. The molecule has 0 amide bonds. The number of methoxy groups -OCH3 is 1. The predicted molar refractivity (Wildman–Crippen MR) is 41.4 cm³/mol. The van der Waals surface area contributed by atoms with E-state index in [0.29, 0.717) is 0 Å². The van der Waals surface area contributed by atoms with E-state index in [-0.39, 0.29) is 11.4 Å². The number of hydrogen-bond acceptors (Lipinski definition) is 4. The molecule has 0 aromatic rings. The highest BCUT2D eigenvalue weighted by atomic mass is 32.1. The average molecular weight is 162 g/mol. The van der Waals surface area contributed by atoms with Gasteiger partial charge < -0.3 is 16.2 Å². The minimum Gasteiger partial charge on any atom is -0.468 e. The number of carbonyl (C=O) groups excluding carboxylic acids is 1. The molecule has 0 aromatic heterocycles. The average Bonchev–Trinajstić information content (AvgIpc) is 1.85. The first-order valence-corrected chi connectivity index (χ1v) is 3.10. The van der Waals surface area contributed by atoms with Crippen LogP contribution in [0.15, 0.2) is 0 Å². The molecule has 0 aliphatic heterocycles. The van der Waals surface area contributed by atoms with Crippen LogP contribution >= 0.6 is 12.2 Å². The minimum absolute atomic E-state index is 0.196. The molecule has 0 spiro atoms. The van der Waals surface area contributed by atoms with Gasteiger partial charge in [-0.15, -0.1) is 0 Å². The molecule has 0 aliphatic carbocycles. The lowest BCUT2D eigenvalue weighted by Gasteiger charge is -2.06. The first kappa shape index (κ1) is 9.32. The summed E-state index contributed by atoms with van der Waals surface area (Å²) in [5.74, 6) is -0.493. The third-order valence-electron chi connectivity index (χ3n) is 0.925. The summed E-state index contributed by atoms with van der Waals surface area (Å²) in [4.78, 5) is 10.8. The number of hydrogen-bond donors (Lipinski definition) is 2. The zero-order valence-electron chi connectivity index (χ0n) is 5.66. The first-order valence-electron chi connectivity index (χ1n) is 2.69. The fourth-order valence-corrected chi connectivity index (χ4v) is 0.631. The van der Waals surface area contributed by atoms with E-state index in [0.717, 1.165) is 0 Å². The van der Waals surface area contributed by atoms with E-state index in [4.69, 9.17) is 11.5 Å². The standard InChI is InChI=1S/C5H10N2O2S/c1-9-5(8)3(6)2-4(7)10/h3H,2,6H2,1H3,(H2,7,10). The van der Waals surface area contributed by atoms with Gasteiger partial charge in [-0.05, 0) is 0 Å². The number of thiocarbonyl (C=S) groups is 1. The van der Waals surface area contributed by atoms with Crippen molar-refractivity contribution < 1.29 is 9.53 Å². The lowest BCUT2D eigenvalue weighted by Crippen LogP contribution is -2.35. The molecule has 1 unspecified atom stereocenters. The van der Waals surface area contributed by atoms with Crippen LogP contribution in [0.5, 0.6) is 0 Å². The third kappa shape index (κ3) is 3.37. The van der Waals surface area contributed by atoms with Crippen molar-refractivity contribution in [3.05, 3.63) is 0 Å². The summed E-state index contributed by atoms with van der Waals surface area (Å²) in [6.07, 6.45) is 0.196. The van der Waals surface area contributed by atoms with Crippen LogP contribution in [-0.2, 0) is 9.53 Å². The van der Waals surface area contributed by atoms with Crippen molar-refractivity contribution in [2.24, 2.45) is 11.5 Å². The van der Waals surface area contributed by atoms with Gasteiger partial charge in [0.1, 0.15) is 6.04 Å². The van der Waals surface area contributed by atoms with Gasteiger partial charge in [0.25, 0.3) is 0 Å². The van der Waals surface area contributed by atoms with E-state index in [2.05, 4.69) is 17.0 Å². The molecule has 0 saturated carbocycles. The Labute approximate surface area is 64.5 Å². The number of rotatable bonds is 3. The van der Waals surface area contributed by atoms with Crippen LogP contribution in [0, 0.1) is 0 Å². The van der Waals surface area contributed by atoms with Gasteiger partial charge in [0, 0.05) is 6.42 Å². The molecule has 0 saturated heterocycles. The summed E-state index contributed by atoms with van der Waals surface area (Å²) >= 11 is 4.53. The van der Waals surface area contributed by atoms with Gasteiger partial charge in [-0.1, -0.05) is 12.2 Å². The summed E-state index contributed by atoms with van der Waals surface area (Å²) < 4.78 is 4.33. The second-order valence-corrected chi connectivity index (χ2v) is 2.32. The summed E-state index contributed by atoms with van der Waals surface area (Å²) in [6.45, 7) is 0. The van der Waals surface area contributed by atoms with Crippen molar-refractivity contribution >= 4 is 23.2 Å². The molecule has 0 rings (SSSR count). The zero-order chi connectivity index (χ0) is 8.15. The Hall–Kier alpha value is -0.680. The molecule has 0 fully saturated rings. The van der Waals surface area contributed by atoms with Gasteiger partial charge in [-0.25, -0.2) is 0 Å². The third-order valence-corrected chi connectivity index (χ3v) is 1.09. The van der Waals surface area contributed by atoms with Crippen molar-refractivity contribution in [2.45, 2.75) is 12.5 Å². The molecular formula is C5H10N2O2S. The zero-order valence-corrected chi connectivity index (χ0v) is 6.48. The van der Waals surface area contributed by atoms with E-state index in [1.54, 1.807) is 0 Å². The van der Waals surface area contributed by atoms with E-state index in [1.807, 2.05) is 0 Å². The Bertz CT molecular complexity index is 149. The van der Waals surface area contributed by atoms with Crippen molar-refractivity contribution in [2.75, 3.05) is 7.11 Å². The predicted octanol–water partition coefficient (Wildman–Crippen LogP) is -0.837. The van der Waals surface area contributed by atoms with Gasteiger partial charge in [0.2, 0.25) is 0 Å². The van der Waals surface area contributed by atoms with Crippen molar-refractivity contribution in [3.8, 4) is 0 Å². The molecule has 0 bridgehead atoms. The number of esters is 1. The van der Waals surface area contributed by atoms with Crippen LogP contribution in [0.3, 0.4) is 0 Å². The molecule has 5 heteroatoms. The summed E-state index contributed by atoms with van der Waals surface area (Å²) in [5.41, 5.74) is 10.4. The van der Waals surface area contributed by atoms with Crippen molar-refractivity contribution in [1.29, 1.82) is 0 Å². The van der Waals surface area contributed by atoms with Crippen LogP contribution in [-0.4, -0.2) is 24.1 Å². The first-order chi connectivity index (χ1) is 4.57. The monoisotopic (exact) mass is 162 g/mol. The van der Waals surface area contributed by atoms with Gasteiger partial charge in [0.15, 0.2) is 0 Å². The van der Waals surface area contributed by atoms with Gasteiger partial charge in [-0.2, -0.15) is 0 Å². The maximum Gasteiger partial charge on any atom is 0.323 e. The van der Waals surface area contributed by atoms with Crippen LogP contribution < -0.4 is 11.5 Å². The van der Waals surface area contributed by atoms with Crippen LogP contribution in [0.25, 0.3) is 0 Å². The van der Waals surface area contributed by atoms with Crippen LogP contribution in [0.1, 0.15) is 6.42 Å². The Morgan fingerprint density at radius 3 is 2.60 bits per heavy atom. The van der Waals surface area contributed by atoms with Crippen molar-refractivity contribution in [3.63, 3.8) is 0 Å². The lowest BCUT2D eigenvalue weighted by molar-refractivity contribution is -0.141. The highest BCUT2D eigenvalue weighted by molar-refractivity contribution is 7.80.